The fourth-order valence-electron chi connectivity index (χ4n) is 3.91. The van der Waals surface area contributed by atoms with Crippen LogP contribution in [0.25, 0.3) is 0 Å². The molecule has 1 amide bonds. The fraction of sp³-hybridized carbons (Fsp3) is 0.240. The second-order valence-electron chi connectivity index (χ2n) is 8.03. The Labute approximate surface area is 210 Å². The number of carbonyl (C=O) groups is 1. The van der Waals surface area contributed by atoms with Crippen molar-refractivity contribution in [3.05, 3.63) is 94.5 Å². The van der Waals surface area contributed by atoms with Gasteiger partial charge >= 0.3 is 0 Å². The van der Waals surface area contributed by atoms with E-state index in [9.17, 15) is 13.2 Å². The predicted molar refractivity (Wildman–Crippen MR) is 136 cm³/mol. The summed E-state index contributed by atoms with van der Waals surface area (Å²) in [5.41, 5.74) is 1.69. The maximum Gasteiger partial charge on any atom is 0.243 e. The van der Waals surface area contributed by atoms with Crippen molar-refractivity contribution in [3.8, 4) is 0 Å². The zero-order chi connectivity index (χ0) is 24.1. The summed E-state index contributed by atoms with van der Waals surface area (Å²) in [6.45, 7) is 2.10. The quantitative estimate of drug-likeness (QED) is 0.461. The van der Waals surface area contributed by atoms with Gasteiger partial charge in [-0.05, 0) is 42.0 Å². The molecule has 1 aliphatic heterocycles. The Kier molecular flexibility index (Phi) is 7.78. The van der Waals surface area contributed by atoms with E-state index in [1.807, 2.05) is 30.3 Å². The van der Waals surface area contributed by atoms with Crippen LogP contribution in [0.15, 0.2) is 83.8 Å². The number of hydrogen-bond acceptors (Lipinski definition) is 4. The summed E-state index contributed by atoms with van der Waals surface area (Å²) in [6, 6.07) is 23.0. The van der Waals surface area contributed by atoms with Gasteiger partial charge in [0.2, 0.25) is 15.9 Å². The van der Waals surface area contributed by atoms with Gasteiger partial charge in [0.15, 0.2) is 0 Å². The van der Waals surface area contributed by atoms with E-state index in [0.29, 0.717) is 41.8 Å². The van der Waals surface area contributed by atoms with E-state index in [-0.39, 0.29) is 23.9 Å². The second-order valence-corrected chi connectivity index (χ2v) is 10.8. The SMILES string of the molecule is O=C(CN(Cc1ccc(Cl)cc1Cl)S(=O)(=O)c1ccccc1)N1CCN(c2ccccc2)CC1. The second kappa shape index (κ2) is 10.8. The summed E-state index contributed by atoms with van der Waals surface area (Å²) in [4.78, 5) is 17.3. The van der Waals surface area contributed by atoms with Crippen molar-refractivity contribution in [2.24, 2.45) is 0 Å². The normalized spacial score (nSPS) is 14.4. The Morgan fingerprint density at radius 3 is 2.09 bits per heavy atom. The maximum absolute atomic E-state index is 13.4. The van der Waals surface area contributed by atoms with Crippen LogP contribution in [0, 0.1) is 0 Å². The lowest BCUT2D eigenvalue weighted by atomic mass is 10.2. The van der Waals surface area contributed by atoms with E-state index in [4.69, 9.17) is 23.2 Å². The van der Waals surface area contributed by atoms with E-state index < -0.39 is 10.0 Å². The lowest BCUT2D eigenvalue weighted by Gasteiger charge is -2.37. The molecule has 0 radical (unpaired) electrons. The molecule has 0 saturated carbocycles. The summed E-state index contributed by atoms with van der Waals surface area (Å²) >= 11 is 12.3. The number of nitrogens with zero attached hydrogens (tertiary/aromatic N) is 3. The van der Waals surface area contributed by atoms with Crippen molar-refractivity contribution in [1.82, 2.24) is 9.21 Å². The lowest BCUT2D eigenvalue weighted by Crippen LogP contribution is -2.51. The highest BCUT2D eigenvalue weighted by atomic mass is 35.5. The van der Waals surface area contributed by atoms with Crippen LogP contribution in [0.4, 0.5) is 5.69 Å². The molecule has 3 aromatic carbocycles. The zero-order valence-electron chi connectivity index (χ0n) is 18.5. The van der Waals surface area contributed by atoms with Crippen molar-refractivity contribution in [2.45, 2.75) is 11.4 Å². The Morgan fingerprint density at radius 2 is 1.47 bits per heavy atom. The maximum atomic E-state index is 13.4. The summed E-state index contributed by atoms with van der Waals surface area (Å²) in [5, 5.41) is 0.809. The Balaban J connectivity index is 1.51. The molecule has 1 saturated heterocycles. The van der Waals surface area contributed by atoms with Gasteiger partial charge in [-0.15, -0.1) is 0 Å². The minimum Gasteiger partial charge on any atom is -0.368 e. The number of benzene rings is 3. The van der Waals surface area contributed by atoms with Crippen molar-refractivity contribution in [1.29, 1.82) is 0 Å². The molecule has 6 nitrogen and oxygen atoms in total. The highest BCUT2D eigenvalue weighted by Crippen LogP contribution is 2.25. The molecule has 1 aliphatic rings. The van der Waals surface area contributed by atoms with Crippen LogP contribution in [-0.2, 0) is 21.4 Å². The molecular weight excluding hydrogens is 493 g/mol. The molecule has 0 spiro atoms. The molecule has 0 aromatic heterocycles. The number of carbonyl (C=O) groups excluding carboxylic acids is 1. The minimum atomic E-state index is -3.93. The molecule has 9 heteroatoms. The molecule has 4 rings (SSSR count). The Bertz CT molecular complexity index is 1230. The highest BCUT2D eigenvalue weighted by molar-refractivity contribution is 7.89. The molecule has 0 atom stereocenters. The van der Waals surface area contributed by atoms with Gasteiger partial charge in [-0.3, -0.25) is 4.79 Å². The van der Waals surface area contributed by atoms with Gasteiger partial charge in [0.1, 0.15) is 0 Å². The summed E-state index contributed by atoms with van der Waals surface area (Å²) in [6.07, 6.45) is 0. The van der Waals surface area contributed by atoms with E-state index in [1.54, 1.807) is 41.3 Å². The molecule has 0 aliphatic carbocycles. The number of para-hydroxylation sites is 1. The van der Waals surface area contributed by atoms with Crippen LogP contribution < -0.4 is 4.90 Å². The number of amides is 1. The molecule has 1 fully saturated rings. The average Bonchev–Trinajstić information content (AvgIpc) is 2.86. The first-order valence-electron chi connectivity index (χ1n) is 10.9. The van der Waals surface area contributed by atoms with Crippen molar-refractivity contribution >= 4 is 44.8 Å². The van der Waals surface area contributed by atoms with Gasteiger partial charge < -0.3 is 9.80 Å². The van der Waals surface area contributed by atoms with Gasteiger partial charge in [-0.1, -0.05) is 65.7 Å². The van der Waals surface area contributed by atoms with Gasteiger partial charge in [0.05, 0.1) is 11.4 Å². The van der Waals surface area contributed by atoms with Crippen LogP contribution >= 0.6 is 23.2 Å². The fourth-order valence-corrected chi connectivity index (χ4v) is 5.77. The topological polar surface area (TPSA) is 60.9 Å². The number of sulfonamides is 1. The van der Waals surface area contributed by atoms with Gasteiger partial charge in [-0.25, -0.2) is 8.42 Å². The van der Waals surface area contributed by atoms with Crippen molar-refractivity contribution in [2.75, 3.05) is 37.6 Å². The molecule has 1 heterocycles. The standard InChI is InChI=1S/C25H25Cl2N3O3S/c26-21-12-11-20(24(27)17-21)18-30(34(32,33)23-9-5-2-6-10-23)19-25(31)29-15-13-28(14-16-29)22-7-3-1-4-8-22/h1-12,17H,13-16,18-19H2. The van der Waals surface area contributed by atoms with Crippen LogP contribution in [0.1, 0.15) is 5.56 Å². The van der Waals surface area contributed by atoms with E-state index in [0.717, 1.165) is 5.69 Å². The van der Waals surface area contributed by atoms with E-state index >= 15 is 0 Å². The summed E-state index contributed by atoms with van der Waals surface area (Å²) in [7, 11) is -3.93. The van der Waals surface area contributed by atoms with Crippen LogP contribution in [0.3, 0.4) is 0 Å². The molecule has 3 aromatic rings. The largest absolute Gasteiger partial charge is 0.368 e. The number of anilines is 1. The van der Waals surface area contributed by atoms with Gasteiger partial charge in [0.25, 0.3) is 0 Å². The zero-order valence-corrected chi connectivity index (χ0v) is 20.8. The molecule has 0 unspecified atom stereocenters. The third-order valence-corrected chi connectivity index (χ3v) is 8.20. The molecule has 0 bridgehead atoms. The lowest BCUT2D eigenvalue weighted by molar-refractivity contribution is -0.131. The summed E-state index contributed by atoms with van der Waals surface area (Å²) < 4.78 is 28.1. The molecule has 34 heavy (non-hydrogen) atoms. The first kappa shape index (κ1) is 24.5. The highest BCUT2D eigenvalue weighted by Gasteiger charge is 2.30. The minimum absolute atomic E-state index is 0.0387. The first-order valence-corrected chi connectivity index (χ1v) is 13.1. The predicted octanol–water partition coefficient (Wildman–Crippen LogP) is 4.53. The van der Waals surface area contributed by atoms with Gasteiger partial charge in [0, 0.05) is 48.5 Å². The van der Waals surface area contributed by atoms with Gasteiger partial charge in [-0.2, -0.15) is 4.31 Å². The number of hydrogen-bond donors (Lipinski definition) is 0. The Hall–Kier alpha value is -2.58. The first-order chi connectivity index (χ1) is 16.3. The van der Waals surface area contributed by atoms with E-state index in [1.165, 1.54) is 16.4 Å². The van der Waals surface area contributed by atoms with E-state index in [2.05, 4.69) is 4.90 Å². The van der Waals surface area contributed by atoms with Crippen LogP contribution in [0.2, 0.25) is 10.0 Å². The number of piperazine rings is 1. The monoisotopic (exact) mass is 517 g/mol. The molecular formula is C25H25Cl2N3O3S. The average molecular weight is 518 g/mol. The van der Waals surface area contributed by atoms with Crippen LogP contribution in [-0.4, -0.2) is 56.3 Å². The smallest absolute Gasteiger partial charge is 0.243 e. The summed E-state index contributed by atoms with van der Waals surface area (Å²) in [5.74, 6) is -0.239. The third-order valence-electron chi connectivity index (χ3n) is 5.81. The molecule has 178 valence electrons. The number of rotatable bonds is 7. The Morgan fingerprint density at radius 1 is 0.853 bits per heavy atom. The van der Waals surface area contributed by atoms with Crippen molar-refractivity contribution < 1.29 is 13.2 Å². The van der Waals surface area contributed by atoms with Crippen molar-refractivity contribution in [3.63, 3.8) is 0 Å². The third kappa shape index (κ3) is 5.73. The molecule has 0 N–H and O–H groups in total. The van der Waals surface area contributed by atoms with Crippen LogP contribution in [0.5, 0.6) is 0 Å². The number of halogens is 2.